The Morgan fingerprint density at radius 1 is 1.06 bits per heavy atom. The Labute approximate surface area is 193 Å². The van der Waals surface area contributed by atoms with E-state index in [1.165, 1.54) is 42.1 Å². The molecule has 33 heavy (non-hydrogen) atoms. The number of halogens is 3. The molecule has 0 fully saturated rings. The van der Waals surface area contributed by atoms with Gasteiger partial charge in [0.15, 0.2) is 0 Å². The smallest absolute Gasteiger partial charge is 0.264 e. The van der Waals surface area contributed by atoms with Crippen molar-refractivity contribution >= 4 is 17.4 Å². The zero-order chi connectivity index (χ0) is 23.5. The van der Waals surface area contributed by atoms with E-state index in [0.717, 1.165) is 11.1 Å². The van der Waals surface area contributed by atoms with Crippen molar-refractivity contribution in [2.45, 2.75) is 13.0 Å². The van der Waals surface area contributed by atoms with E-state index < -0.39 is 12.0 Å². The van der Waals surface area contributed by atoms with Crippen molar-refractivity contribution in [1.29, 1.82) is 0 Å². The van der Waals surface area contributed by atoms with Crippen molar-refractivity contribution < 1.29 is 13.5 Å². The van der Waals surface area contributed by atoms with Crippen molar-refractivity contribution in [3.8, 4) is 28.0 Å². The Kier molecular flexibility index (Phi) is 6.37. The first kappa shape index (κ1) is 22.4. The quantitative estimate of drug-likeness (QED) is 0.420. The number of nitrogen functional groups attached to an aromatic ring is 1. The predicted octanol–water partition coefficient (Wildman–Crippen LogP) is 5.20. The third-order valence-corrected chi connectivity index (χ3v) is 5.35. The van der Waals surface area contributed by atoms with Gasteiger partial charge in [-0.2, -0.15) is 0 Å². The van der Waals surface area contributed by atoms with Gasteiger partial charge in [0, 0.05) is 40.2 Å². The molecule has 0 aliphatic heterocycles. The summed E-state index contributed by atoms with van der Waals surface area (Å²) in [5.74, 6) is 0.680. The minimum Gasteiger partial charge on any atom is -0.495 e. The highest BCUT2D eigenvalue weighted by Crippen LogP contribution is 2.37. The van der Waals surface area contributed by atoms with Gasteiger partial charge in [0.05, 0.1) is 25.5 Å². The topological polar surface area (TPSA) is 83.0 Å². The molecule has 168 valence electrons. The number of hydrogen-bond donors (Lipinski definition) is 1. The number of aromatic nitrogens is 3. The largest absolute Gasteiger partial charge is 0.495 e. The van der Waals surface area contributed by atoms with Gasteiger partial charge in [0.2, 0.25) is 0 Å². The van der Waals surface area contributed by atoms with E-state index >= 15 is 0 Å². The minimum atomic E-state index is -2.74. The molecule has 0 aliphatic rings. The molecule has 0 bridgehead atoms. The summed E-state index contributed by atoms with van der Waals surface area (Å²) in [5.41, 5.74) is 7.75. The van der Waals surface area contributed by atoms with Gasteiger partial charge in [0.1, 0.15) is 11.6 Å². The van der Waals surface area contributed by atoms with E-state index in [1.807, 2.05) is 18.2 Å². The third kappa shape index (κ3) is 4.85. The molecule has 4 aromatic rings. The van der Waals surface area contributed by atoms with Crippen LogP contribution in [0, 0.1) is 0 Å². The van der Waals surface area contributed by atoms with Gasteiger partial charge in [-0.05, 0) is 47.5 Å². The number of rotatable bonds is 6. The number of nitrogens with two attached hydrogens (primary N) is 1. The van der Waals surface area contributed by atoms with Crippen LogP contribution in [-0.2, 0) is 6.54 Å². The number of alkyl halides is 2. The molecular formula is C24H19ClF2N4O2. The monoisotopic (exact) mass is 468 g/mol. The number of pyridine rings is 3. The summed E-state index contributed by atoms with van der Waals surface area (Å²) in [7, 11) is 1.41. The lowest BCUT2D eigenvalue weighted by molar-refractivity contribution is 0.152. The molecule has 2 N–H and O–H groups in total. The first-order valence-electron chi connectivity index (χ1n) is 9.89. The lowest BCUT2D eigenvalue weighted by Crippen LogP contribution is -2.20. The summed E-state index contributed by atoms with van der Waals surface area (Å²) < 4.78 is 34.0. The summed E-state index contributed by atoms with van der Waals surface area (Å²) in [5, 5.41) is 0.277. The number of ether oxygens (including phenoxy) is 1. The van der Waals surface area contributed by atoms with Gasteiger partial charge in [-0.25, -0.2) is 13.8 Å². The van der Waals surface area contributed by atoms with E-state index in [1.54, 1.807) is 18.5 Å². The van der Waals surface area contributed by atoms with Crippen molar-refractivity contribution in [1.82, 2.24) is 14.5 Å². The van der Waals surface area contributed by atoms with Gasteiger partial charge in [0.25, 0.3) is 12.0 Å². The van der Waals surface area contributed by atoms with Crippen LogP contribution in [-0.4, -0.2) is 21.6 Å². The third-order valence-electron chi connectivity index (χ3n) is 5.12. The van der Waals surface area contributed by atoms with Crippen LogP contribution in [0.2, 0.25) is 5.02 Å². The van der Waals surface area contributed by atoms with Crippen LogP contribution in [0.4, 0.5) is 14.6 Å². The van der Waals surface area contributed by atoms with Crippen LogP contribution in [0.3, 0.4) is 0 Å². The first-order valence-corrected chi connectivity index (χ1v) is 10.3. The van der Waals surface area contributed by atoms with Gasteiger partial charge in [-0.15, -0.1) is 0 Å². The average Bonchev–Trinajstić information content (AvgIpc) is 2.80. The zero-order valence-corrected chi connectivity index (χ0v) is 18.3. The Morgan fingerprint density at radius 3 is 2.58 bits per heavy atom. The average molecular weight is 469 g/mol. The maximum absolute atomic E-state index is 13.6. The second-order valence-corrected chi connectivity index (χ2v) is 7.70. The summed E-state index contributed by atoms with van der Waals surface area (Å²) >= 11 is 6.03. The molecule has 6 nitrogen and oxygen atoms in total. The highest BCUT2D eigenvalue weighted by atomic mass is 35.5. The van der Waals surface area contributed by atoms with Crippen LogP contribution in [0.5, 0.6) is 5.75 Å². The molecule has 0 saturated heterocycles. The Bertz CT molecular complexity index is 1360. The number of benzene rings is 1. The molecule has 1 aromatic carbocycles. The number of anilines is 1. The SMILES string of the molecule is COc1cn(Cc2cc(-c3ccc(N)nc3)ccn2)c(=O)cc1-c1cc(Cl)ccc1C(F)F. The fourth-order valence-corrected chi connectivity index (χ4v) is 3.67. The molecular weight excluding hydrogens is 450 g/mol. The van der Waals surface area contributed by atoms with E-state index in [-0.39, 0.29) is 34.0 Å². The van der Waals surface area contributed by atoms with Crippen LogP contribution in [0.1, 0.15) is 17.7 Å². The van der Waals surface area contributed by atoms with Crippen molar-refractivity contribution in [2.24, 2.45) is 0 Å². The first-order chi connectivity index (χ1) is 15.9. The minimum absolute atomic E-state index is 0.148. The molecule has 0 saturated carbocycles. The normalized spacial score (nSPS) is 11.1. The van der Waals surface area contributed by atoms with Crippen molar-refractivity contribution in [2.75, 3.05) is 12.8 Å². The molecule has 0 atom stereocenters. The highest BCUT2D eigenvalue weighted by Gasteiger charge is 2.19. The van der Waals surface area contributed by atoms with E-state index in [4.69, 9.17) is 22.1 Å². The Morgan fingerprint density at radius 2 is 1.88 bits per heavy atom. The van der Waals surface area contributed by atoms with Crippen LogP contribution in [0.15, 0.2) is 71.9 Å². The molecule has 4 rings (SSSR count). The summed E-state index contributed by atoms with van der Waals surface area (Å²) in [6.07, 6.45) is 2.04. The van der Waals surface area contributed by atoms with Crippen LogP contribution in [0.25, 0.3) is 22.3 Å². The summed E-state index contributed by atoms with van der Waals surface area (Å²) in [6, 6.07) is 12.5. The fraction of sp³-hybridized carbons (Fsp3) is 0.125. The molecule has 0 aliphatic carbocycles. The molecule has 0 amide bonds. The lowest BCUT2D eigenvalue weighted by Gasteiger charge is -2.15. The fourth-order valence-electron chi connectivity index (χ4n) is 3.50. The van der Waals surface area contributed by atoms with E-state index in [0.29, 0.717) is 11.5 Å². The van der Waals surface area contributed by atoms with Crippen molar-refractivity contribution in [3.05, 3.63) is 93.8 Å². The standard InChI is InChI=1S/C24H19ClF2N4O2/c1-33-21-13-31(12-17-8-14(6-7-29-17)15-2-5-22(28)30-11-15)23(32)10-20(21)19-9-16(25)3-4-18(19)24(26)27/h2-11,13,24H,12H2,1H3,(H2,28,30). The molecule has 3 heterocycles. The lowest BCUT2D eigenvalue weighted by atomic mass is 10.00. The molecule has 0 unspecified atom stereocenters. The number of hydrogen-bond acceptors (Lipinski definition) is 5. The Hall–Kier alpha value is -3.78. The molecule has 0 radical (unpaired) electrons. The van der Waals surface area contributed by atoms with Gasteiger partial charge < -0.3 is 15.0 Å². The van der Waals surface area contributed by atoms with Gasteiger partial charge >= 0.3 is 0 Å². The summed E-state index contributed by atoms with van der Waals surface area (Å²) in [4.78, 5) is 21.3. The van der Waals surface area contributed by atoms with Crippen LogP contribution >= 0.6 is 11.6 Å². The maximum atomic E-state index is 13.6. The maximum Gasteiger partial charge on any atom is 0.264 e. The molecule has 9 heteroatoms. The Balaban J connectivity index is 1.72. The number of nitrogens with zero attached hydrogens (tertiary/aromatic N) is 3. The summed E-state index contributed by atoms with van der Waals surface area (Å²) in [6.45, 7) is 0.156. The predicted molar refractivity (Wildman–Crippen MR) is 124 cm³/mol. The molecule has 0 spiro atoms. The van der Waals surface area contributed by atoms with Gasteiger partial charge in [-0.1, -0.05) is 17.7 Å². The van der Waals surface area contributed by atoms with Crippen molar-refractivity contribution in [3.63, 3.8) is 0 Å². The zero-order valence-electron chi connectivity index (χ0n) is 17.5. The number of methoxy groups -OCH3 is 1. The van der Waals surface area contributed by atoms with Gasteiger partial charge in [-0.3, -0.25) is 9.78 Å². The molecule has 3 aromatic heterocycles. The van der Waals surface area contributed by atoms with Crippen LogP contribution < -0.4 is 16.0 Å². The second kappa shape index (κ2) is 9.38. The highest BCUT2D eigenvalue weighted by molar-refractivity contribution is 6.30. The second-order valence-electron chi connectivity index (χ2n) is 7.26. The van der Waals surface area contributed by atoms with E-state index in [2.05, 4.69) is 9.97 Å². The van der Waals surface area contributed by atoms with E-state index in [9.17, 15) is 13.6 Å².